The lowest BCUT2D eigenvalue weighted by Gasteiger charge is -2.14. The van der Waals surface area contributed by atoms with Crippen LogP contribution in [0.25, 0.3) is 0 Å². The third-order valence-electron chi connectivity index (χ3n) is 3.04. The third-order valence-corrected chi connectivity index (χ3v) is 4.88. The van der Waals surface area contributed by atoms with Crippen molar-refractivity contribution >= 4 is 33.2 Å². The number of rotatable bonds is 5. The fraction of sp³-hybridized carbons (Fsp3) is 0.133. The SMILES string of the molecule is C[C@H](NS(=O)(=O)c1ccc(F)cc1)C(=O)Nc1ccc(F)c(Cl)c1. The highest BCUT2D eigenvalue weighted by atomic mass is 35.5. The van der Waals surface area contributed by atoms with Crippen molar-refractivity contribution in [3.8, 4) is 0 Å². The minimum atomic E-state index is -3.99. The number of hydrogen-bond acceptors (Lipinski definition) is 3. The smallest absolute Gasteiger partial charge is 0.242 e. The van der Waals surface area contributed by atoms with E-state index < -0.39 is 33.6 Å². The van der Waals surface area contributed by atoms with Crippen LogP contribution in [0.2, 0.25) is 5.02 Å². The van der Waals surface area contributed by atoms with Crippen LogP contribution in [0.1, 0.15) is 6.92 Å². The first-order valence-electron chi connectivity index (χ1n) is 6.73. The number of hydrogen-bond donors (Lipinski definition) is 2. The van der Waals surface area contributed by atoms with Gasteiger partial charge in [-0.05, 0) is 49.4 Å². The molecule has 0 saturated heterocycles. The number of anilines is 1. The molecule has 0 spiro atoms. The molecule has 24 heavy (non-hydrogen) atoms. The fourth-order valence-corrected chi connectivity index (χ4v) is 3.18. The standard InChI is InChI=1S/C15H13ClF2N2O3S/c1-9(15(21)19-11-4-7-14(18)13(16)8-11)20-24(22,23)12-5-2-10(17)3-6-12/h2-9,20H,1H3,(H,19,21)/t9-/m0/s1. The van der Waals surface area contributed by atoms with Crippen LogP contribution in [0.15, 0.2) is 47.4 Å². The van der Waals surface area contributed by atoms with Gasteiger partial charge in [0.1, 0.15) is 11.6 Å². The van der Waals surface area contributed by atoms with Crippen LogP contribution >= 0.6 is 11.6 Å². The lowest BCUT2D eigenvalue weighted by Crippen LogP contribution is -2.41. The summed E-state index contributed by atoms with van der Waals surface area (Å²) in [6.45, 7) is 1.33. The topological polar surface area (TPSA) is 75.3 Å². The van der Waals surface area contributed by atoms with Gasteiger partial charge in [0.05, 0.1) is 16.0 Å². The number of nitrogens with one attached hydrogen (secondary N) is 2. The van der Waals surface area contributed by atoms with Crippen LogP contribution in [0, 0.1) is 11.6 Å². The van der Waals surface area contributed by atoms with Crippen molar-refractivity contribution < 1.29 is 22.0 Å². The Bertz CT molecular complexity index is 858. The summed E-state index contributed by atoms with van der Waals surface area (Å²) in [5, 5.41) is 2.24. The van der Waals surface area contributed by atoms with Gasteiger partial charge in [0.25, 0.3) is 0 Å². The molecule has 0 aliphatic heterocycles. The van der Waals surface area contributed by atoms with Crippen LogP contribution in [-0.2, 0) is 14.8 Å². The van der Waals surface area contributed by atoms with Crippen molar-refractivity contribution in [1.82, 2.24) is 4.72 Å². The molecule has 2 aromatic carbocycles. The molecule has 0 unspecified atom stereocenters. The van der Waals surface area contributed by atoms with Crippen LogP contribution < -0.4 is 10.0 Å². The van der Waals surface area contributed by atoms with E-state index in [1.807, 2.05) is 0 Å². The van der Waals surface area contributed by atoms with E-state index in [-0.39, 0.29) is 15.6 Å². The first-order chi connectivity index (χ1) is 11.2. The number of carbonyl (C=O) groups is 1. The van der Waals surface area contributed by atoms with Crippen LogP contribution in [0.5, 0.6) is 0 Å². The van der Waals surface area contributed by atoms with Crippen LogP contribution in [0.4, 0.5) is 14.5 Å². The van der Waals surface area contributed by atoms with Gasteiger partial charge in [-0.3, -0.25) is 4.79 Å². The fourth-order valence-electron chi connectivity index (χ4n) is 1.79. The van der Waals surface area contributed by atoms with Crippen LogP contribution in [0.3, 0.4) is 0 Å². The van der Waals surface area contributed by atoms with E-state index in [0.29, 0.717) is 0 Å². The minimum absolute atomic E-state index is 0.173. The lowest BCUT2D eigenvalue weighted by atomic mass is 10.3. The Kier molecular flexibility index (Phi) is 5.53. The summed E-state index contributed by atoms with van der Waals surface area (Å²) in [5.41, 5.74) is 0.222. The van der Waals surface area contributed by atoms with Crippen LogP contribution in [-0.4, -0.2) is 20.4 Å². The van der Waals surface area contributed by atoms with E-state index in [0.717, 1.165) is 30.3 Å². The minimum Gasteiger partial charge on any atom is -0.325 e. The largest absolute Gasteiger partial charge is 0.325 e. The molecule has 0 heterocycles. The number of halogens is 3. The van der Waals surface area contributed by atoms with E-state index in [9.17, 15) is 22.0 Å². The van der Waals surface area contributed by atoms with Gasteiger partial charge >= 0.3 is 0 Å². The number of sulfonamides is 1. The monoisotopic (exact) mass is 374 g/mol. The zero-order valence-electron chi connectivity index (χ0n) is 12.4. The van der Waals surface area contributed by atoms with E-state index >= 15 is 0 Å². The summed E-state index contributed by atoms with van der Waals surface area (Å²) in [5.74, 6) is -1.88. The Hall–Kier alpha value is -2.03. The second-order valence-electron chi connectivity index (χ2n) is 4.92. The van der Waals surface area contributed by atoms with Gasteiger partial charge in [-0.1, -0.05) is 11.6 Å². The third kappa shape index (κ3) is 4.50. The molecule has 0 saturated carbocycles. The first-order valence-corrected chi connectivity index (χ1v) is 8.59. The van der Waals surface area contributed by atoms with Gasteiger partial charge < -0.3 is 5.32 Å². The molecular formula is C15H13ClF2N2O3S. The Balaban J connectivity index is 2.07. The Morgan fingerprint density at radius 3 is 2.33 bits per heavy atom. The second-order valence-corrected chi connectivity index (χ2v) is 7.04. The summed E-state index contributed by atoms with van der Waals surface area (Å²) >= 11 is 5.61. The molecule has 0 aliphatic carbocycles. The zero-order valence-corrected chi connectivity index (χ0v) is 14.0. The van der Waals surface area contributed by atoms with Crippen molar-refractivity contribution in [1.29, 1.82) is 0 Å². The molecule has 0 radical (unpaired) electrons. The number of amides is 1. The molecule has 1 amide bonds. The molecule has 2 aromatic rings. The molecule has 2 N–H and O–H groups in total. The molecule has 0 bridgehead atoms. The number of carbonyl (C=O) groups excluding carboxylic acids is 1. The van der Waals surface area contributed by atoms with Crippen molar-refractivity contribution in [2.75, 3.05) is 5.32 Å². The highest BCUT2D eigenvalue weighted by Crippen LogP contribution is 2.19. The summed E-state index contributed by atoms with van der Waals surface area (Å²) in [6.07, 6.45) is 0. The predicted octanol–water partition coefficient (Wildman–Crippen LogP) is 2.92. The summed E-state index contributed by atoms with van der Waals surface area (Å²) in [4.78, 5) is 11.9. The molecule has 9 heteroatoms. The average molecular weight is 375 g/mol. The van der Waals surface area contributed by atoms with Crippen molar-refractivity contribution in [2.45, 2.75) is 17.9 Å². The maximum Gasteiger partial charge on any atom is 0.242 e. The maximum atomic E-state index is 13.1. The van der Waals surface area contributed by atoms with E-state index in [4.69, 9.17) is 11.6 Å². The van der Waals surface area contributed by atoms with Crippen molar-refractivity contribution in [3.63, 3.8) is 0 Å². The highest BCUT2D eigenvalue weighted by molar-refractivity contribution is 7.89. The molecule has 1 atom stereocenters. The Morgan fingerprint density at radius 1 is 1.12 bits per heavy atom. The van der Waals surface area contributed by atoms with Crippen molar-refractivity contribution in [2.24, 2.45) is 0 Å². The molecule has 0 fully saturated rings. The Morgan fingerprint density at radius 2 is 1.75 bits per heavy atom. The zero-order chi connectivity index (χ0) is 17.9. The quantitative estimate of drug-likeness (QED) is 0.845. The molecule has 5 nitrogen and oxygen atoms in total. The number of benzene rings is 2. The summed E-state index contributed by atoms with van der Waals surface area (Å²) < 4.78 is 52.3. The van der Waals surface area contributed by atoms with Crippen molar-refractivity contribution in [3.05, 3.63) is 59.1 Å². The second kappa shape index (κ2) is 7.25. The summed E-state index contributed by atoms with van der Waals surface area (Å²) in [7, 11) is -3.99. The highest BCUT2D eigenvalue weighted by Gasteiger charge is 2.22. The van der Waals surface area contributed by atoms with Gasteiger partial charge in [0.2, 0.25) is 15.9 Å². The normalized spacial score (nSPS) is 12.7. The summed E-state index contributed by atoms with van der Waals surface area (Å²) in [6, 6.07) is 6.62. The maximum absolute atomic E-state index is 13.1. The molecular weight excluding hydrogens is 362 g/mol. The average Bonchev–Trinajstić information content (AvgIpc) is 2.51. The van der Waals surface area contributed by atoms with Gasteiger partial charge in [-0.15, -0.1) is 0 Å². The lowest BCUT2D eigenvalue weighted by molar-refractivity contribution is -0.117. The Labute approximate surface area is 142 Å². The van der Waals surface area contributed by atoms with Gasteiger partial charge in [-0.2, -0.15) is 4.72 Å². The molecule has 0 aliphatic rings. The van der Waals surface area contributed by atoms with E-state index in [1.54, 1.807) is 0 Å². The molecule has 128 valence electrons. The first kappa shape index (κ1) is 18.3. The predicted molar refractivity (Wildman–Crippen MR) is 86.2 cm³/mol. The van der Waals surface area contributed by atoms with Gasteiger partial charge in [-0.25, -0.2) is 17.2 Å². The van der Waals surface area contributed by atoms with Gasteiger partial charge in [0.15, 0.2) is 0 Å². The van der Waals surface area contributed by atoms with E-state index in [2.05, 4.69) is 10.0 Å². The van der Waals surface area contributed by atoms with Gasteiger partial charge in [0, 0.05) is 5.69 Å². The molecule has 0 aromatic heterocycles. The molecule has 2 rings (SSSR count). The van der Waals surface area contributed by atoms with E-state index in [1.165, 1.54) is 19.1 Å².